The summed E-state index contributed by atoms with van der Waals surface area (Å²) in [4.78, 5) is 31.6. The number of rotatable bonds is 6. The van der Waals surface area contributed by atoms with Crippen molar-refractivity contribution in [3.8, 4) is 11.5 Å². The van der Waals surface area contributed by atoms with Gasteiger partial charge in [0.1, 0.15) is 23.4 Å². The van der Waals surface area contributed by atoms with E-state index < -0.39 is 12.0 Å². The van der Waals surface area contributed by atoms with Gasteiger partial charge in [-0.15, -0.1) is 0 Å². The minimum absolute atomic E-state index is 0.178. The number of aromatic nitrogens is 1. The summed E-state index contributed by atoms with van der Waals surface area (Å²) in [5.41, 5.74) is 1.65. The van der Waals surface area contributed by atoms with Crippen LogP contribution in [0.25, 0.3) is 6.08 Å². The largest absolute Gasteiger partial charge is 0.497 e. The first-order chi connectivity index (χ1) is 16.4. The lowest BCUT2D eigenvalue weighted by Gasteiger charge is -2.26. The van der Waals surface area contributed by atoms with Crippen LogP contribution in [0.5, 0.6) is 11.5 Å². The lowest BCUT2D eigenvalue weighted by Crippen LogP contribution is -2.40. The molecule has 0 radical (unpaired) electrons. The third-order valence-corrected chi connectivity index (χ3v) is 6.40. The number of nitrogens with zero attached hydrogens (tertiary/aromatic N) is 2. The number of fused-ring (bicyclic) bond motifs is 1. The van der Waals surface area contributed by atoms with E-state index >= 15 is 0 Å². The minimum Gasteiger partial charge on any atom is -0.497 e. The molecule has 1 aliphatic rings. The maximum absolute atomic E-state index is 13.6. The molecule has 176 valence electrons. The third kappa shape index (κ3) is 4.26. The lowest BCUT2D eigenvalue weighted by atomic mass is 9.95. The number of benzene rings is 2. The summed E-state index contributed by atoms with van der Waals surface area (Å²) < 4.78 is 31.4. The average molecular weight is 483 g/mol. The molecular weight excluding hydrogens is 459 g/mol. The van der Waals surface area contributed by atoms with Crippen molar-refractivity contribution in [1.29, 1.82) is 0 Å². The van der Waals surface area contributed by atoms with E-state index in [1.165, 1.54) is 35.1 Å². The summed E-state index contributed by atoms with van der Waals surface area (Å²) in [5, 5.41) is 0. The molecule has 0 fully saturated rings. The van der Waals surface area contributed by atoms with Gasteiger partial charge in [-0.1, -0.05) is 23.5 Å². The van der Waals surface area contributed by atoms with Crippen LogP contribution in [0, 0.1) is 5.82 Å². The van der Waals surface area contributed by atoms with E-state index in [0.717, 1.165) is 0 Å². The fourth-order valence-corrected chi connectivity index (χ4v) is 4.89. The van der Waals surface area contributed by atoms with Crippen molar-refractivity contribution in [3.63, 3.8) is 0 Å². The Bertz CT molecular complexity index is 1450. The number of carbonyl (C=O) groups is 1. The zero-order valence-corrected chi connectivity index (χ0v) is 19.9. The summed E-state index contributed by atoms with van der Waals surface area (Å²) in [6.07, 6.45) is 1.68. The zero-order chi connectivity index (χ0) is 24.4. The number of methoxy groups -OCH3 is 2. The van der Waals surface area contributed by atoms with Crippen LogP contribution in [0.2, 0.25) is 0 Å². The highest BCUT2D eigenvalue weighted by Gasteiger charge is 2.35. The maximum Gasteiger partial charge on any atom is 0.338 e. The van der Waals surface area contributed by atoms with Crippen LogP contribution in [0.4, 0.5) is 4.39 Å². The molecule has 2 heterocycles. The molecule has 0 aliphatic carbocycles. The van der Waals surface area contributed by atoms with Gasteiger partial charge >= 0.3 is 5.97 Å². The van der Waals surface area contributed by atoms with E-state index in [4.69, 9.17) is 14.2 Å². The Kier molecular flexibility index (Phi) is 6.65. The van der Waals surface area contributed by atoms with Crippen LogP contribution in [0.15, 0.2) is 63.5 Å². The molecule has 1 aliphatic heterocycles. The molecule has 4 rings (SSSR count). The van der Waals surface area contributed by atoms with Gasteiger partial charge in [-0.2, -0.15) is 0 Å². The predicted octanol–water partition coefficient (Wildman–Crippen LogP) is 2.95. The molecule has 0 bridgehead atoms. The molecule has 0 saturated heterocycles. The van der Waals surface area contributed by atoms with Gasteiger partial charge in [0.25, 0.3) is 5.56 Å². The van der Waals surface area contributed by atoms with Crippen molar-refractivity contribution in [2.45, 2.75) is 19.9 Å². The Labute approximate surface area is 199 Å². The molecule has 9 heteroatoms. The molecule has 2 aromatic carbocycles. The van der Waals surface area contributed by atoms with Crippen molar-refractivity contribution in [2.75, 3.05) is 20.8 Å². The van der Waals surface area contributed by atoms with E-state index in [0.29, 0.717) is 37.7 Å². The molecular formula is C25H23FN2O5S. The number of halogens is 1. The van der Waals surface area contributed by atoms with Gasteiger partial charge in [-0.25, -0.2) is 14.2 Å². The molecule has 7 nitrogen and oxygen atoms in total. The Hall–Kier alpha value is -3.72. The van der Waals surface area contributed by atoms with Gasteiger partial charge in [0, 0.05) is 11.6 Å². The molecule has 1 aromatic heterocycles. The van der Waals surface area contributed by atoms with Gasteiger partial charge < -0.3 is 14.2 Å². The lowest BCUT2D eigenvalue weighted by molar-refractivity contribution is -0.139. The number of ether oxygens (including phenoxy) is 3. The summed E-state index contributed by atoms with van der Waals surface area (Å²) in [7, 11) is 3.05. The fourth-order valence-electron chi connectivity index (χ4n) is 3.84. The molecule has 0 unspecified atom stereocenters. The second-order valence-electron chi connectivity index (χ2n) is 7.46. The van der Waals surface area contributed by atoms with E-state index in [1.807, 2.05) is 0 Å². The summed E-state index contributed by atoms with van der Waals surface area (Å²) >= 11 is 1.19. The second kappa shape index (κ2) is 9.64. The van der Waals surface area contributed by atoms with Crippen LogP contribution in [0.1, 0.15) is 31.0 Å². The normalized spacial score (nSPS) is 15.6. The minimum atomic E-state index is -0.813. The topological polar surface area (TPSA) is 79.1 Å². The molecule has 1 atom stereocenters. The summed E-state index contributed by atoms with van der Waals surface area (Å²) in [6.45, 7) is 3.61. The van der Waals surface area contributed by atoms with Crippen molar-refractivity contribution in [2.24, 2.45) is 4.99 Å². The highest BCUT2D eigenvalue weighted by molar-refractivity contribution is 7.07. The molecule has 3 aromatic rings. The zero-order valence-electron chi connectivity index (χ0n) is 19.1. The van der Waals surface area contributed by atoms with Gasteiger partial charge in [0.2, 0.25) is 0 Å². The van der Waals surface area contributed by atoms with Crippen LogP contribution in [-0.2, 0) is 9.53 Å². The van der Waals surface area contributed by atoms with Gasteiger partial charge in [-0.3, -0.25) is 9.36 Å². The number of carbonyl (C=O) groups excluding carboxylic acids is 1. The SMILES string of the molecule is CCOC(=O)C1=C(C)N=c2s/c(=C\c3ccc(F)cc3)c(=O)n2[C@@H]1c1ccc(OC)cc1OC. The third-order valence-electron chi connectivity index (χ3n) is 5.42. The Morgan fingerprint density at radius 2 is 1.91 bits per heavy atom. The predicted molar refractivity (Wildman–Crippen MR) is 126 cm³/mol. The van der Waals surface area contributed by atoms with Crippen LogP contribution >= 0.6 is 11.3 Å². The van der Waals surface area contributed by atoms with Crippen LogP contribution in [-0.4, -0.2) is 31.4 Å². The number of hydrogen-bond acceptors (Lipinski definition) is 7. The second-order valence-corrected chi connectivity index (χ2v) is 8.47. The van der Waals surface area contributed by atoms with Gasteiger partial charge in [-0.05, 0) is 49.8 Å². The Balaban J connectivity index is 1.99. The average Bonchev–Trinajstić information content (AvgIpc) is 3.13. The Morgan fingerprint density at radius 3 is 2.56 bits per heavy atom. The van der Waals surface area contributed by atoms with Crippen LogP contribution in [0.3, 0.4) is 0 Å². The molecule has 0 spiro atoms. The van der Waals surface area contributed by atoms with Crippen LogP contribution < -0.4 is 24.4 Å². The van der Waals surface area contributed by atoms with E-state index in [-0.39, 0.29) is 23.6 Å². The number of esters is 1. The number of thiazole rings is 1. The molecule has 0 saturated carbocycles. The first kappa shape index (κ1) is 23.4. The smallest absolute Gasteiger partial charge is 0.338 e. The molecule has 0 N–H and O–H groups in total. The van der Waals surface area contributed by atoms with E-state index in [2.05, 4.69) is 4.99 Å². The van der Waals surface area contributed by atoms with E-state index in [1.54, 1.807) is 57.4 Å². The first-order valence-electron chi connectivity index (χ1n) is 10.5. The summed E-state index contributed by atoms with van der Waals surface area (Å²) in [5.74, 6) is 0.107. The number of hydrogen-bond donors (Lipinski definition) is 0. The van der Waals surface area contributed by atoms with Crippen molar-refractivity contribution in [1.82, 2.24) is 4.57 Å². The van der Waals surface area contributed by atoms with E-state index in [9.17, 15) is 14.0 Å². The van der Waals surface area contributed by atoms with Gasteiger partial charge in [0.05, 0.1) is 36.6 Å². The molecule has 0 amide bonds. The fraction of sp³-hybridized carbons (Fsp3) is 0.240. The highest BCUT2D eigenvalue weighted by atomic mass is 32.1. The summed E-state index contributed by atoms with van der Waals surface area (Å²) in [6, 6.07) is 10.2. The monoisotopic (exact) mass is 482 g/mol. The standard InChI is InChI=1S/C25H23FN2O5S/c1-5-33-24(30)21-14(2)27-25-28(22(21)18-11-10-17(31-3)13-19(18)32-4)23(29)20(34-25)12-15-6-8-16(26)9-7-15/h6-13,22H,5H2,1-4H3/b20-12-/t22-/m1/s1. The maximum atomic E-state index is 13.6. The molecule has 34 heavy (non-hydrogen) atoms. The highest BCUT2D eigenvalue weighted by Crippen LogP contribution is 2.37. The van der Waals surface area contributed by atoms with Gasteiger partial charge in [0.15, 0.2) is 4.80 Å². The van der Waals surface area contributed by atoms with Crippen molar-refractivity contribution in [3.05, 3.63) is 90.4 Å². The van der Waals surface area contributed by atoms with Crippen molar-refractivity contribution < 1.29 is 23.4 Å². The van der Waals surface area contributed by atoms with Crippen molar-refractivity contribution >= 4 is 23.4 Å². The quantitative estimate of drug-likeness (QED) is 0.505. The first-order valence-corrected chi connectivity index (χ1v) is 11.4. The number of allylic oxidation sites excluding steroid dienone is 1. The Morgan fingerprint density at radius 1 is 1.18 bits per heavy atom.